The Kier molecular flexibility index (Phi) is 5.12. The zero-order valence-electron chi connectivity index (χ0n) is 11.8. The highest BCUT2D eigenvalue weighted by Gasteiger charge is 2.24. The van der Waals surface area contributed by atoms with Crippen LogP contribution >= 0.6 is 0 Å². The van der Waals surface area contributed by atoms with E-state index in [1.165, 1.54) is 0 Å². The third kappa shape index (κ3) is 4.06. The summed E-state index contributed by atoms with van der Waals surface area (Å²) < 4.78 is 0. The van der Waals surface area contributed by atoms with Crippen molar-refractivity contribution in [2.45, 2.75) is 19.4 Å². The maximum atomic E-state index is 12.0. The van der Waals surface area contributed by atoms with Gasteiger partial charge >= 0.3 is 11.8 Å². The number of amides is 2. The number of benzene rings is 1. The molecule has 0 aliphatic carbocycles. The zero-order chi connectivity index (χ0) is 14.4. The van der Waals surface area contributed by atoms with E-state index in [9.17, 15) is 9.59 Å². The Morgan fingerprint density at radius 3 is 2.55 bits per heavy atom. The Hall–Kier alpha value is -1.88. The highest BCUT2D eigenvalue weighted by atomic mass is 16.2. The van der Waals surface area contributed by atoms with Gasteiger partial charge in [-0.2, -0.15) is 0 Å². The van der Waals surface area contributed by atoms with Gasteiger partial charge in [0.25, 0.3) is 0 Å². The van der Waals surface area contributed by atoms with Crippen LogP contribution in [0.5, 0.6) is 0 Å². The van der Waals surface area contributed by atoms with E-state index in [0.717, 1.165) is 25.1 Å². The average Bonchev–Trinajstić information content (AvgIpc) is 2.48. The number of carbonyl (C=O) groups is 2. The van der Waals surface area contributed by atoms with Gasteiger partial charge in [0.05, 0.1) is 0 Å². The molecule has 0 radical (unpaired) electrons. The monoisotopic (exact) mass is 275 g/mol. The molecule has 1 aliphatic rings. The van der Waals surface area contributed by atoms with Gasteiger partial charge in [0.15, 0.2) is 0 Å². The van der Waals surface area contributed by atoms with Gasteiger partial charge in [-0.25, -0.2) is 0 Å². The van der Waals surface area contributed by atoms with Gasteiger partial charge in [0.2, 0.25) is 0 Å². The van der Waals surface area contributed by atoms with Gasteiger partial charge in [-0.05, 0) is 18.9 Å². The second kappa shape index (κ2) is 7.05. The molecule has 2 rings (SSSR count). The van der Waals surface area contributed by atoms with Gasteiger partial charge in [-0.15, -0.1) is 0 Å². The number of carbonyl (C=O) groups excluding carboxylic acids is 2. The first-order valence-corrected chi connectivity index (χ1v) is 7.01. The third-order valence-corrected chi connectivity index (χ3v) is 3.36. The lowest BCUT2D eigenvalue weighted by Crippen LogP contribution is -2.52. The molecule has 1 aromatic rings. The Morgan fingerprint density at radius 1 is 1.25 bits per heavy atom. The largest absolute Gasteiger partial charge is 0.345 e. The standard InChI is InChI=1S/C15H21N3O2/c1-12(11-13-5-3-2-4-6-13)17-14(19)15(20)18-9-7-16-8-10-18/h2-6,12,16H,7-11H2,1H3,(H,17,19). The first-order chi connectivity index (χ1) is 9.66. The molecule has 5 heteroatoms. The Morgan fingerprint density at radius 2 is 1.90 bits per heavy atom. The van der Waals surface area contributed by atoms with Crippen LogP contribution in [0.1, 0.15) is 12.5 Å². The lowest BCUT2D eigenvalue weighted by atomic mass is 10.1. The number of nitrogens with zero attached hydrogens (tertiary/aromatic N) is 1. The molecule has 0 bridgehead atoms. The van der Waals surface area contributed by atoms with Gasteiger partial charge in [0, 0.05) is 32.2 Å². The van der Waals surface area contributed by atoms with Crippen LogP contribution < -0.4 is 10.6 Å². The molecular formula is C15H21N3O2. The van der Waals surface area contributed by atoms with E-state index in [-0.39, 0.29) is 6.04 Å². The zero-order valence-corrected chi connectivity index (χ0v) is 11.8. The minimum Gasteiger partial charge on any atom is -0.345 e. The van der Waals surface area contributed by atoms with Crippen LogP contribution in [0.4, 0.5) is 0 Å². The van der Waals surface area contributed by atoms with Gasteiger partial charge in [-0.3, -0.25) is 9.59 Å². The summed E-state index contributed by atoms with van der Waals surface area (Å²) in [6, 6.07) is 9.87. The van der Waals surface area contributed by atoms with E-state index in [1.54, 1.807) is 4.90 Å². The van der Waals surface area contributed by atoms with Crippen molar-refractivity contribution in [3.8, 4) is 0 Å². The van der Waals surface area contributed by atoms with Crippen molar-refractivity contribution >= 4 is 11.8 Å². The number of rotatable bonds is 3. The summed E-state index contributed by atoms with van der Waals surface area (Å²) >= 11 is 0. The molecule has 1 aliphatic heterocycles. The molecule has 20 heavy (non-hydrogen) atoms. The summed E-state index contributed by atoms with van der Waals surface area (Å²) in [6.07, 6.45) is 0.724. The first-order valence-electron chi connectivity index (χ1n) is 7.01. The van der Waals surface area contributed by atoms with Crippen molar-refractivity contribution in [2.24, 2.45) is 0 Å². The Bertz CT molecular complexity index is 455. The highest BCUT2D eigenvalue weighted by molar-refractivity contribution is 6.35. The van der Waals surface area contributed by atoms with Gasteiger partial charge < -0.3 is 15.5 Å². The number of hydrogen-bond donors (Lipinski definition) is 2. The van der Waals surface area contributed by atoms with Crippen LogP contribution in [0.25, 0.3) is 0 Å². The molecule has 5 nitrogen and oxygen atoms in total. The van der Waals surface area contributed by atoms with Gasteiger partial charge in [-0.1, -0.05) is 30.3 Å². The minimum absolute atomic E-state index is 0.0586. The van der Waals surface area contributed by atoms with Crippen molar-refractivity contribution in [1.82, 2.24) is 15.5 Å². The summed E-state index contributed by atoms with van der Waals surface area (Å²) in [5, 5.41) is 5.93. The lowest BCUT2D eigenvalue weighted by Gasteiger charge is -2.27. The molecule has 1 fully saturated rings. The predicted octanol–water partition coefficient (Wildman–Crippen LogP) is 0.166. The highest BCUT2D eigenvalue weighted by Crippen LogP contribution is 2.03. The van der Waals surface area contributed by atoms with Crippen LogP contribution in [0.2, 0.25) is 0 Å². The summed E-state index contributed by atoms with van der Waals surface area (Å²) in [6.45, 7) is 4.60. The van der Waals surface area contributed by atoms with E-state index in [2.05, 4.69) is 10.6 Å². The van der Waals surface area contributed by atoms with Crippen molar-refractivity contribution < 1.29 is 9.59 Å². The Labute approximate surface area is 119 Å². The predicted molar refractivity (Wildman–Crippen MR) is 77.2 cm³/mol. The fourth-order valence-electron chi connectivity index (χ4n) is 2.32. The summed E-state index contributed by atoms with van der Waals surface area (Å²) in [7, 11) is 0. The van der Waals surface area contributed by atoms with Gasteiger partial charge in [0.1, 0.15) is 0 Å². The van der Waals surface area contributed by atoms with E-state index >= 15 is 0 Å². The summed E-state index contributed by atoms with van der Waals surface area (Å²) in [5.74, 6) is -0.929. The van der Waals surface area contributed by atoms with Crippen LogP contribution in [0.3, 0.4) is 0 Å². The van der Waals surface area contributed by atoms with Crippen LogP contribution in [-0.4, -0.2) is 48.9 Å². The molecule has 1 unspecified atom stereocenters. The summed E-state index contributed by atoms with van der Waals surface area (Å²) in [4.78, 5) is 25.5. The second-order valence-corrected chi connectivity index (χ2v) is 5.11. The van der Waals surface area contributed by atoms with E-state index in [1.807, 2.05) is 37.3 Å². The minimum atomic E-state index is -0.504. The molecule has 1 atom stereocenters. The molecule has 0 saturated carbocycles. The third-order valence-electron chi connectivity index (χ3n) is 3.36. The van der Waals surface area contributed by atoms with Crippen LogP contribution in [-0.2, 0) is 16.0 Å². The molecule has 1 saturated heterocycles. The molecule has 108 valence electrons. The molecule has 1 aromatic carbocycles. The van der Waals surface area contributed by atoms with Crippen molar-refractivity contribution in [3.05, 3.63) is 35.9 Å². The van der Waals surface area contributed by atoms with E-state index in [0.29, 0.717) is 13.1 Å². The van der Waals surface area contributed by atoms with Crippen molar-refractivity contribution in [3.63, 3.8) is 0 Å². The fraction of sp³-hybridized carbons (Fsp3) is 0.467. The SMILES string of the molecule is CC(Cc1ccccc1)NC(=O)C(=O)N1CCNCC1. The normalized spacial score (nSPS) is 16.6. The average molecular weight is 275 g/mol. The number of nitrogens with one attached hydrogen (secondary N) is 2. The smallest absolute Gasteiger partial charge is 0.311 e. The van der Waals surface area contributed by atoms with Crippen molar-refractivity contribution in [2.75, 3.05) is 26.2 Å². The maximum Gasteiger partial charge on any atom is 0.311 e. The molecule has 1 heterocycles. The topological polar surface area (TPSA) is 61.4 Å². The number of piperazine rings is 1. The quantitative estimate of drug-likeness (QED) is 0.773. The molecule has 0 spiro atoms. The molecule has 2 N–H and O–H groups in total. The number of hydrogen-bond acceptors (Lipinski definition) is 3. The van der Waals surface area contributed by atoms with Crippen LogP contribution in [0, 0.1) is 0 Å². The fourth-order valence-corrected chi connectivity index (χ4v) is 2.32. The second-order valence-electron chi connectivity index (χ2n) is 5.11. The van der Waals surface area contributed by atoms with E-state index in [4.69, 9.17) is 0 Å². The van der Waals surface area contributed by atoms with Crippen LogP contribution in [0.15, 0.2) is 30.3 Å². The Balaban J connectivity index is 1.82. The molecular weight excluding hydrogens is 254 g/mol. The summed E-state index contributed by atoms with van der Waals surface area (Å²) in [5.41, 5.74) is 1.15. The molecule has 0 aromatic heterocycles. The van der Waals surface area contributed by atoms with E-state index < -0.39 is 11.8 Å². The molecule has 2 amide bonds. The first kappa shape index (κ1) is 14.5. The lowest BCUT2D eigenvalue weighted by molar-refractivity contribution is -0.146. The van der Waals surface area contributed by atoms with Crippen molar-refractivity contribution in [1.29, 1.82) is 0 Å². The maximum absolute atomic E-state index is 12.0.